The Balaban J connectivity index is 1.70. The smallest absolute Gasteiger partial charge is 0.267 e. The van der Waals surface area contributed by atoms with E-state index in [1.807, 2.05) is 6.92 Å². The number of hydrogen-bond donors (Lipinski definition) is 2. The Morgan fingerprint density at radius 2 is 1.83 bits per heavy atom. The summed E-state index contributed by atoms with van der Waals surface area (Å²) in [6.45, 7) is 6.52. The SMILES string of the molecule is Cc1noc(C)c1S(=O)(=O)Nc1ccc2c(c1)CC(=O)N([C@@H](C)CO)C[C@H](C)[C@@H](CN(C)S(=O)(=O)c1ccccc1)O2. The van der Waals surface area contributed by atoms with Gasteiger partial charge < -0.3 is 19.3 Å². The Labute approximate surface area is 246 Å². The van der Waals surface area contributed by atoms with Crippen molar-refractivity contribution in [3.8, 4) is 5.75 Å². The van der Waals surface area contributed by atoms with Crippen LogP contribution in [0.2, 0.25) is 0 Å². The summed E-state index contributed by atoms with van der Waals surface area (Å²) in [5.41, 5.74) is 0.808. The Morgan fingerprint density at radius 3 is 2.45 bits per heavy atom. The van der Waals surface area contributed by atoms with Crippen LogP contribution in [0, 0.1) is 19.8 Å². The number of anilines is 1. The molecule has 1 aliphatic heterocycles. The lowest BCUT2D eigenvalue weighted by Crippen LogP contribution is -2.48. The van der Waals surface area contributed by atoms with E-state index in [1.165, 1.54) is 49.5 Å². The highest BCUT2D eigenvalue weighted by atomic mass is 32.2. The first-order valence-corrected chi connectivity index (χ1v) is 16.3. The number of nitrogens with one attached hydrogen (secondary N) is 1. The molecule has 4 rings (SSSR count). The number of likely N-dealkylation sites (N-methyl/N-ethyl adjacent to an activating group) is 1. The summed E-state index contributed by atoms with van der Waals surface area (Å²) in [4.78, 5) is 15.1. The van der Waals surface area contributed by atoms with E-state index in [1.54, 1.807) is 36.1 Å². The second-order valence-electron chi connectivity index (χ2n) is 10.6. The molecule has 12 nitrogen and oxygen atoms in total. The van der Waals surface area contributed by atoms with Gasteiger partial charge in [-0.05, 0) is 51.1 Å². The number of aliphatic hydroxyl groups excluding tert-OH is 1. The summed E-state index contributed by atoms with van der Waals surface area (Å²) in [6.07, 6.45) is -0.811. The number of amides is 1. The van der Waals surface area contributed by atoms with Gasteiger partial charge in [0, 0.05) is 30.8 Å². The molecule has 1 aromatic heterocycles. The van der Waals surface area contributed by atoms with E-state index in [9.17, 15) is 26.7 Å². The summed E-state index contributed by atoms with van der Waals surface area (Å²) in [5.74, 6) is -0.157. The zero-order valence-electron chi connectivity index (χ0n) is 24.1. The Kier molecular flexibility index (Phi) is 9.30. The van der Waals surface area contributed by atoms with Gasteiger partial charge in [-0.2, -0.15) is 4.31 Å². The lowest BCUT2D eigenvalue weighted by Gasteiger charge is -2.33. The summed E-state index contributed by atoms with van der Waals surface area (Å²) in [5, 5.41) is 13.6. The van der Waals surface area contributed by atoms with Crippen LogP contribution in [0.5, 0.6) is 5.75 Å². The number of ether oxygens (including phenoxy) is 1. The standard InChI is InChI=1S/C28H36N4O8S2/c1-18-15-32(19(2)17-33)27(34)14-22-13-23(30-41(35,36)28-20(3)29-40-21(28)4)11-12-25(22)39-26(18)16-31(5)42(37,38)24-9-7-6-8-10-24/h6-13,18-19,26,30,33H,14-17H2,1-5H3/t18-,19-,26+/m0/s1. The lowest BCUT2D eigenvalue weighted by atomic mass is 10.0. The quantitative estimate of drug-likeness (QED) is 0.367. The minimum atomic E-state index is -4.05. The number of aromatic nitrogens is 1. The van der Waals surface area contributed by atoms with Gasteiger partial charge in [-0.1, -0.05) is 30.3 Å². The van der Waals surface area contributed by atoms with Crippen LogP contribution in [-0.4, -0.2) is 81.1 Å². The van der Waals surface area contributed by atoms with Crippen LogP contribution >= 0.6 is 0 Å². The number of benzene rings is 2. The van der Waals surface area contributed by atoms with E-state index in [-0.39, 0.29) is 64.9 Å². The highest BCUT2D eigenvalue weighted by Gasteiger charge is 2.34. The Hall–Kier alpha value is -3.46. The molecule has 2 N–H and O–H groups in total. The number of fused-ring (bicyclic) bond motifs is 1. The first-order valence-electron chi connectivity index (χ1n) is 13.4. The molecule has 0 saturated carbocycles. The molecule has 3 aromatic rings. The molecule has 0 aliphatic carbocycles. The van der Waals surface area contributed by atoms with Gasteiger partial charge >= 0.3 is 0 Å². The highest BCUT2D eigenvalue weighted by Crippen LogP contribution is 2.31. The fourth-order valence-electron chi connectivity index (χ4n) is 4.90. The van der Waals surface area contributed by atoms with Crippen LogP contribution in [0.3, 0.4) is 0 Å². The van der Waals surface area contributed by atoms with Crippen molar-refractivity contribution in [1.29, 1.82) is 0 Å². The van der Waals surface area contributed by atoms with Gasteiger partial charge in [-0.25, -0.2) is 16.8 Å². The molecule has 0 radical (unpaired) electrons. The molecule has 14 heteroatoms. The molecule has 0 saturated heterocycles. The van der Waals surface area contributed by atoms with Crippen LogP contribution in [0.1, 0.15) is 30.9 Å². The van der Waals surface area contributed by atoms with E-state index in [2.05, 4.69) is 9.88 Å². The molecule has 1 aliphatic rings. The van der Waals surface area contributed by atoms with Crippen molar-refractivity contribution < 1.29 is 36.0 Å². The van der Waals surface area contributed by atoms with Crippen LogP contribution in [0.15, 0.2) is 62.8 Å². The van der Waals surface area contributed by atoms with Gasteiger partial charge in [0.15, 0.2) is 10.7 Å². The van der Waals surface area contributed by atoms with E-state index in [0.717, 1.165) is 0 Å². The summed E-state index contributed by atoms with van der Waals surface area (Å²) < 4.78 is 67.9. The molecule has 228 valence electrons. The van der Waals surface area contributed by atoms with Gasteiger partial charge in [-0.3, -0.25) is 9.52 Å². The van der Waals surface area contributed by atoms with Crippen LogP contribution in [0.25, 0.3) is 0 Å². The number of hydrogen-bond acceptors (Lipinski definition) is 9. The molecule has 42 heavy (non-hydrogen) atoms. The predicted octanol–water partition coefficient (Wildman–Crippen LogP) is 2.56. The largest absolute Gasteiger partial charge is 0.488 e. The maximum atomic E-state index is 13.5. The summed E-state index contributed by atoms with van der Waals surface area (Å²) >= 11 is 0. The Morgan fingerprint density at radius 1 is 1.14 bits per heavy atom. The van der Waals surface area contributed by atoms with Crippen molar-refractivity contribution in [1.82, 2.24) is 14.4 Å². The second kappa shape index (κ2) is 12.4. The lowest BCUT2D eigenvalue weighted by molar-refractivity contribution is -0.134. The number of aryl methyl sites for hydroxylation is 2. The first kappa shape index (κ1) is 31.5. The number of aliphatic hydroxyl groups is 1. The molecular weight excluding hydrogens is 584 g/mol. The van der Waals surface area contributed by atoms with E-state index in [0.29, 0.717) is 11.3 Å². The molecule has 0 bridgehead atoms. The number of nitrogens with zero attached hydrogens (tertiary/aromatic N) is 3. The fourth-order valence-corrected chi connectivity index (χ4v) is 7.48. The molecule has 2 heterocycles. The average Bonchev–Trinajstić information content (AvgIpc) is 3.31. The van der Waals surface area contributed by atoms with Gasteiger partial charge in [0.2, 0.25) is 15.9 Å². The minimum Gasteiger partial charge on any atom is -0.488 e. The van der Waals surface area contributed by atoms with Gasteiger partial charge in [0.25, 0.3) is 10.0 Å². The third kappa shape index (κ3) is 6.61. The number of carbonyl (C=O) groups excluding carboxylic acids is 1. The van der Waals surface area contributed by atoms with Crippen molar-refractivity contribution in [2.75, 3.05) is 31.5 Å². The molecular formula is C28H36N4O8S2. The zero-order chi connectivity index (χ0) is 30.8. The topological polar surface area (TPSA) is 159 Å². The third-order valence-corrected chi connectivity index (χ3v) is 10.8. The molecule has 0 spiro atoms. The van der Waals surface area contributed by atoms with E-state index >= 15 is 0 Å². The normalized spacial score (nSPS) is 18.9. The predicted molar refractivity (Wildman–Crippen MR) is 155 cm³/mol. The number of sulfonamides is 2. The van der Waals surface area contributed by atoms with Crippen molar-refractivity contribution >= 4 is 31.6 Å². The van der Waals surface area contributed by atoms with E-state index in [4.69, 9.17) is 9.26 Å². The summed E-state index contributed by atoms with van der Waals surface area (Å²) in [7, 11) is -6.41. The first-order chi connectivity index (χ1) is 19.7. The summed E-state index contributed by atoms with van der Waals surface area (Å²) in [6, 6.07) is 12.1. The number of carbonyl (C=O) groups is 1. The van der Waals surface area contributed by atoms with Gasteiger partial charge in [0.1, 0.15) is 17.5 Å². The molecule has 0 fully saturated rings. The van der Waals surface area contributed by atoms with Crippen molar-refractivity contribution in [3.05, 3.63) is 65.5 Å². The van der Waals surface area contributed by atoms with E-state index < -0.39 is 32.2 Å². The number of rotatable bonds is 9. The van der Waals surface area contributed by atoms with Crippen molar-refractivity contribution in [2.24, 2.45) is 5.92 Å². The zero-order valence-corrected chi connectivity index (χ0v) is 25.8. The minimum absolute atomic E-state index is 0.0200. The van der Waals surface area contributed by atoms with Crippen LogP contribution in [0.4, 0.5) is 5.69 Å². The fraction of sp³-hybridized carbons (Fsp3) is 0.429. The third-order valence-electron chi connectivity index (χ3n) is 7.29. The van der Waals surface area contributed by atoms with Crippen LogP contribution in [-0.2, 0) is 31.3 Å². The second-order valence-corrected chi connectivity index (χ2v) is 14.2. The van der Waals surface area contributed by atoms with Crippen molar-refractivity contribution in [2.45, 2.75) is 56.1 Å². The highest BCUT2D eigenvalue weighted by molar-refractivity contribution is 7.92. The monoisotopic (exact) mass is 620 g/mol. The molecule has 0 unspecified atom stereocenters. The van der Waals surface area contributed by atoms with Gasteiger partial charge in [0.05, 0.1) is 30.5 Å². The maximum Gasteiger partial charge on any atom is 0.267 e. The average molecular weight is 621 g/mol. The molecule has 2 aromatic carbocycles. The molecule has 1 amide bonds. The van der Waals surface area contributed by atoms with Gasteiger partial charge in [-0.15, -0.1) is 0 Å². The van der Waals surface area contributed by atoms with Crippen molar-refractivity contribution in [3.63, 3.8) is 0 Å². The van der Waals surface area contributed by atoms with Crippen LogP contribution < -0.4 is 9.46 Å². The molecule has 3 atom stereocenters. The maximum absolute atomic E-state index is 13.5. The Bertz CT molecular complexity index is 1620.